The lowest BCUT2D eigenvalue weighted by molar-refractivity contribution is 0.423. The summed E-state index contributed by atoms with van der Waals surface area (Å²) in [5.41, 5.74) is 5.85. The first kappa shape index (κ1) is 9.36. The predicted octanol–water partition coefficient (Wildman–Crippen LogP) is 1.19. The van der Waals surface area contributed by atoms with Gasteiger partial charge in [0.15, 0.2) is 5.96 Å². The van der Waals surface area contributed by atoms with Crippen molar-refractivity contribution < 1.29 is 0 Å². The molecule has 0 bridgehead atoms. The second kappa shape index (κ2) is 3.78. The van der Waals surface area contributed by atoms with Crippen LogP contribution in [-0.2, 0) is 0 Å². The van der Waals surface area contributed by atoms with Crippen molar-refractivity contribution in [3.8, 4) is 0 Å². The average molecular weight is 169 g/mol. The van der Waals surface area contributed by atoms with E-state index in [1.165, 1.54) is 12.8 Å². The smallest absolute Gasteiger partial charge is 0.191 e. The van der Waals surface area contributed by atoms with E-state index in [9.17, 15) is 0 Å². The summed E-state index contributed by atoms with van der Waals surface area (Å²) in [6, 6.07) is 0.982. The minimum Gasteiger partial charge on any atom is -0.370 e. The summed E-state index contributed by atoms with van der Waals surface area (Å²) in [6.07, 6.45) is 2.56. The lowest BCUT2D eigenvalue weighted by Crippen LogP contribution is -2.39. The summed E-state index contributed by atoms with van der Waals surface area (Å²) < 4.78 is 0. The molecule has 0 saturated heterocycles. The topological polar surface area (TPSA) is 41.6 Å². The zero-order chi connectivity index (χ0) is 9.14. The second-order valence-corrected chi connectivity index (χ2v) is 3.60. The van der Waals surface area contributed by atoms with E-state index in [2.05, 4.69) is 16.8 Å². The molecule has 1 rings (SSSR count). The molecule has 0 amide bonds. The van der Waals surface area contributed by atoms with E-state index in [0.29, 0.717) is 12.1 Å². The molecule has 0 aromatic rings. The molecule has 0 heterocycles. The van der Waals surface area contributed by atoms with E-state index >= 15 is 0 Å². The third kappa shape index (κ3) is 2.40. The van der Waals surface area contributed by atoms with Crippen LogP contribution < -0.4 is 5.73 Å². The third-order valence-corrected chi connectivity index (χ3v) is 2.01. The van der Waals surface area contributed by atoms with Crippen LogP contribution in [0.1, 0.15) is 33.6 Å². The van der Waals surface area contributed by atoms with Gasteiger partial charge in [0.1, 0.15) is 0 Å². The Kier molecular flexibility index (Phi) is 2.95. The van der Waals surface area contributed by atoms with Crippen molar-refractivity contribution in [3.63, 3.8) is 0 Å². The van der Waals surface area contributed by atoms with Crippen LogP contribution >= 0.6 is 0 Å². The van der Waals surface area contributed by atoms with Crippen molar-refractivity contribution in [1.82, 2.24) is 4.90 Å². The minimum atomic E-state index is 0.304. The first-order valence-corrected chi connectivity index (χ1v) is 4.75. The van der Waals surface area contributed by atoms with Gasteiger partial charge in [0.05, 0.1) is 0 Å². The van der Waals surface area contributed by atoms with Gasteiger partial charge in [-0.2, -0.15) is 0 Å². The fourth-order valence-electron chi connectivity index (χ4n) is 1.33. The molecular formula is C9H19N3. The Bertz CT molecular complexity index is 171. The maximum atomic E-state index is 5.85. The third-order valence-electron chi connectivity index (χ3n) is 2.01. The largest absolute Gasteiger partial charge is 0.370 e. The highest BCUT2D eigenvalue weighted by atomic mass is 15.3. The number of nitrogens with two attached hydrogens (primary N) is 1. The molecule has 0 aromatic carbocycles. The standard InChI is InChI=1S/C9H19N3/c1-4-12(8-5-6-8)9(10)11-7(2)3/h7-8H,4-6H2,1-3H3,(H2,10,11). The Hall–Kier alpha value is -0.730. The zero-order valence-electron chi connectivity index (χ0n) is 8.25. The fraction of sp³-hybridized carbons (Fsp3) is 0.889. The zero-order valence-corrected chi connectivity index (χ0v) is 8.25. The van der Waals surface area contributed by atoms with Crippen LogP contribution in [0.4, 0.5) is 0 Å². The molecule has 1 saturated carbocycles. The maximum Gasteiger partial charge on any atom is 0.191 e. The lowest BCUT2D eigenvalue weighted by Gasteiger charge is -2.21. The minimum absolute atomic E-state index is 0.304. The van der Waals surface area contributed by atoms with E-state index in [1.807, 2.05) is 13.8 Å². The van der Waals surface area contributed by atoms with Crippen LogP contribution in [-0.4, -0.2) is 29.5 Å². The number of hydrogen-bond acceptors (Lipinski definition) is 1. The normalized spacial score (nSPS) is 18.5. The Balaban J connectivity index is 2.51. The van der Waals surface area contributed by atoms with Crippen LogP contribution in [0, 0.1) is 0 Å². The molecule has 0 aromatic heterocycles. The molecule has 3 heteroatoms. The SMILES string of the molecule is CCN(C(N)=NC(C)C)C1CC1. The van der Waals surface area contributed by atoms with Gasteiger partial charge < -0.3 is 10.6 Å². The van der Waals surface area contributed by atoms with Gasteiger partial charge in [0, 0.05) is 18.6 Å². The van der Waals surface area contributed by atoms with Gasteiger partial charge in [-0.3, -0.25) is 4.99 Å². The number of guanidine groups is 1. The first-order valence-electron chi connectivity index (χ1n) is 4.75. The Morgan fingerprint density at radius 3 is 2.50 bits per heavy atom. The molecule has 3 nitrogen and oxygen atoms in total. The molecule has 70 valence electrons. The Morgan fingerprint density at radius 2 is 2.17 bits per heavy atom. The lowest BCUT2D eigenvalue weighted by atomic mass is 10.4. The molecule has 0 spiro atoms. The van der Waals surface area contributed by atoms with Crippen LogP contribution in [0.5, 0.6) is 0 Å². The van der Waals surface area contributed by atoms with E-state index in [-0.39, 0.29) is 0 Å². The highest BCUT2D eigenvalue weighted by Gasteiger charge is 2.29. The van der Waals surface area contributed by atoms with Gasteiger partial charge in [-0.25, -0.2) is 0 Å². The Morgan fingerprint density at radius 1 is 1.58 bits per heavy atom. The van der Waals surface area contributed by atoms with Crippen molar-refractivity contribution in [2.24, 2.45) is 10.7 Å². The Labute approximate surface area is 74.6 Å². The number of hydrogen-bond donors (Lipinski definition) is 1. The molecular weight excluding hydrogens is 150 g/mol. The van der Waals surface area contributed by atoms with Gasteiger partial charge in [-0.1, -0.05) is 0 Å². The molecule has 0 aliphatic heterocycles. The van der Waals surface area contributed by atoms with E-state index < -0.39 is 0 Å². The fourth-order valence-corrected chi connectivity index (χ4v) is 1.33. The monoisotopic (exact) mass is 169 g/mol. The molecule has 1 fully saturated rings. The van der Waals surface area contributed by atoms with Crippen LogP contribution in [0.15, 0.2) is 4.99 Å². The number of aliphatic imine (C=N–C) groups is 1. The van der Waals surface area contributed by atoms with Crippen molar-refractivity contribution in [3.05, 3.63) is 0 Å². The molecule has 0 atom stereocenters. The van der Waals surface area contributed by atoms with Crippen molar-refractivity contribution in [2.45, 2.75) is 45.7 Å². The second-order valence-electron chi connectivity index (χ2n) is 3.60. The first-order chi connectivity index (χ1) is 5.65. The van der Waals surface area contributed by atoms with Gasteiger partial charge >= 0.3 is 0 Å². The quantitative estimate of drug-likeness (QED) is 0.509. The van der Waals surface area contributed by atoms with Gasteiger partial charge in [-0.05, 0) is 33.6 Å². The summed E-state index contributed by atoms with van der Waals surface area (Å²) in [6.45, 7) is 7.20. The molecule has 0 radical (unpaired) electrons. The highest BCUT2D eigenvalue weighted by molar-refractivity contribution is 5.78. The molecule has 1 aliphatic carbocycles. The molecule has 0 unspecified atom stereocenters. The summed E-state index contributed by atoms with van der Waals surface area (Å²) in [4.78, 5) is 6.52. The summed E-state index contributed by atoms with van der Waals surface area (Å²) in [7, 11) is 0. The summed E-state index contributed by atoms with van der Waals surface area (Å²) in [5.74, 6) is 0.718. The van der Waals surface area contributed by atoms with E-state index in [1.54, 1.807) is 0 Å². The van der Waals surface area contributed by atoms with Crippen molar-refractivity contribution >= 4 is 5.96 Å². The van der Waals surface area contributed by atoms with Crippen LogP contribution in [0.25, 0.3) is 0 Å². The van der Waals surface area contributed by atoms with Crippen LogP contribution in [0.3, 0.4) is 0 Å². The number of nitrogens with zero attached hydrogens (tertiary/aromatic N) is 2. The molecule has 2 N–H and O–H groups in total. The van der Waals surface area contributed by atoms with Crippen LogP contribution in [0.2, 0.25) is 0 Å². The molecule has 1 aliphatic rings. The van der Waals surface area contributed by atoms with Gasteiger partial charge in [-0.15, -0.1) is 0 Å². The van der Waals surface area contributed by atoms with Crippen molar-refractivity contribution in [2.75, 3.05) is 6.54 Å². The summed E-state index contributed by atoms with van der Waals surface area (Å²) >= 11 is 0. The van der Waals surface area contributed by atoms with Crippen molar-refractivity contribution in [1.29, 1.82) is 0 Å². The molecule has 12 heavy (non-hydrogen) atoms. The van der Waals surface area contributed by atoms with E-state index in [0.717, 1.165) is 12.5 Å². The number of rotatable bonds is 3. The predicted molar refractivity (Wildman–Crippen MR) is 52.2 cm³/mol. The maximum absolute atomic E-state index is 5.85. The van der Waals surface area contributed by atoms with Gasteiger partial charge in [0.2, 0.25) is 0 Å². The summed E-state index contributed by atoms with van der Waals surface area (Å²) in [5, 5.41) is 0. The van der Waals surface area contributed by atoms with E-state index in [4.69, 9.17) is 5.73 Å². The van der Waals surface area contributed by atoms with Gasteiger partial charge in [0.25, 0.3) is 0 Å². The average Bonchev–Trinajstić information content (AvgIpc) is 2.70. The highest BCUT2D eigenvalue weighted by Crippen LogP contribution is 2.26.